The molecule has 104 valence electrons. The summed E-state index contributed by atoms with van der Waals surface area (Å²) in [5, 5.41) is 2.87. The maximum atomic E-state index is 13.5. The van der Waals surface area contributed by atoms with Gasteiger partial charge in [0, 0.05) is 11.9 Å². The van der Waals surface area contributed by atoms with Crippen LogP contribution in [-0.4, -0.2) is 16.1 Å². The predicted octanol–water partition coefficient (Wildman–Crippen LogP) is 2.92. The van der Waals surface area contributed by atoms with Crippen LogP contribution in [0.3, 0.4) is 0 Å². The lowest BCUT2D eigenvalue weighted by Gasteiger charge is -2.12. The van der Waals surface area contributed by atoms with Crippen molar-refractivity contribution in [2.45, 2.75) is 17.2 Å². The average molecular weight is 291 g/mol. The van der Waals surface area contributed by atoms with E-state index in [1.807, 2.05) is 12.1 Å². The average Bonchev–Trinajstić information content (AvgIpc) is 2.44. The SMILES string of the molecule is CC(Sc1ccccn1)C(=O)Nc1cc(N)ccc1F. The van der Waals surface area contributed by atoms with Gasteiger partial charge in [0.25, 0.3) is 0 Å². The van der Waals surface area contributed by atoms with Gasteiger partial charge in [0.15, 0.2) is 0 Å². The third kappa shape index (κ3) is 3.71. The quantitative estimate of drug-likeness (QED) is 0.671. The zero-order valence-electron chi connectivity index (χ0n) is 10.8. The zero-order valence-corrected chi connectivity index (χ0v) is 11.7. The molecule has 3 N–H and O–H groups in total. The Morgan fingerprint density at radius 2 is 2.20 bits per heavy atom. The second-order valence-corrected chi connectivity index (χ2v) is 5.52. The van der Waals surface area contributed by atoms with Crippen molar-refractivity contribution in [2.24, 2.45) is 0 Å². The predicted molar refractivity (Wildman–Crippen MR) is 79.0 cm³/mol. The molecule has 0 radical (unpaired) electrons. The number of nitrogens with two attached hydrogens (primary N) is 1. The van der Waals surface area contributed by atoms with Crippen molar-refractivity contribution in [1.82, 2.24) is 4.98 Å². The number of hydrogen-bond acceptors (Lipinski definition) is 4. The molecule has 4 nitrogen and oxygen atoms in total. The molecule has 0 spiro atoms. The van der Waals surface area contributed by atoms with Crippen LogP contribution in [0.15, 0.2) is 47.6 Å². The molecule has 1 amide bonds. The van der Waals surface area contributed by atoms with Gasteiger partial charge in [-0.15, -0.1) is 0 Å². The Morgan fingerprint density at radius 3 is 2.90 bits per heavy atom. The van der Waals surface area contributed by atoms with E-state index in [0.29, 0.717) is 5.69 Å². The molecule has 2 rings (SSSR count). The molecule has 2 aromatic rings. The number of aromatic nitrogens is 1. The first kappa shape index (κ1) is 14.3. The molecular formula is C14H14FN3OS. The molecule has 0 aliphatic carbocycles. The van der Waals surface area contributed by atoms with Gasteiger partial charge in [0.1, 0.15) is 5.82 Å². The van der Waals surface area contributed by atoms with E-state index in [2.05, 4.69) is 10.3 Å². The number of thioether (sulfide) groups is 1. The van der Waals surface area contributed by atoms with Crippen LogP contribution in [0.5, 0.6) is 0 Å². The van der Waals surface area contributed by atoms with Crippen LogP contribution >= 0.6 is 11.8 Å². The first-order valence-electron chi connectivity index (χ1n) is 6.00. The van der Waals surface area contributed by atoms with Crippen molar-refractivity contribution < 1.29 is 9.18 Å². The summed E-state index contributed by atoms with van der Waals surface area (Å²) in [6, 6.07) is 9.52. The monoisotopic (exact) mass is 291 g/mol. The van der Waals surface area contributed by atoms with Gasteiger partial charge in [0.2, 0.25) is 5.91 Å². The minimum Gasteiger partial charge on any atom is -0.399 e. The van der Waals surface area contributed by atoms with Gasteiger partial charge in [-0.05, 0) is 37.3 Å². The summed E-state index contributed by atoms with van der Waals surface area (Å²) >= 11 is 1.30. The zero-order chi connectivity index (χ0) is 14.5. The Hall–Kier alpha value is -2.08. The van der Waals surface area contributed by atoms with Gasteiger partial charge in [0.05, 0.1) is 16.0 Å². The van der Waals surface area contributed by atoms with E-state index in [1.165, 1.54) is 30.0 Å². The van der Waals surface area contributed by atoms with Gasteiger partial charge in [-0.2, -0.15) is 0 Å². The third-order valence-electron chi connectivity index (χ3n) is 2.55. The highest BCUT2D eigenvalue weighted by Crippen LogP contribution is 2.23. The Kier molecular flexibility index (Phi) is 4.57. The molecular weight excluding hydrogens is 277 g/mol. The number of nitrogens with zero attached hydrogens (tertiary/aromatic N) is 1. The highest BCUT2D eigenvalue weighted by Gasteiger charge is 2.16. The van der Waals surface area contributed by atoms with Crippen LogP contribution in [0.2, 0.25) is 0 Å². The van der Waals surface area contributed by atoms with Crippen LogP contribution < -0.4 is 11.1 Å². The fourth-order valence-corrected chi connectivity index (χ4v) is 2.33. The molecule has 20 heavy (non-hydrogen) atoms. The Morgan fingerprint density at radius 1 is 1.40 bits per heavy atom. The Labute approximate surface area is 120 Å². The molecule has 0 bridgehead atoms. The largest absolute Gasteiger partial charge is 0.399 e. The molecule has 0 fully saturated rings. The lowest BCUT2D eigenvalue weighted by Crippen LogP contribution is -2.23. The molecule has 0 aliphatic heterocycles. The fourth-order valence-electron chi connectivity index (χ4n) is 1.52. The van der Waals surface area contributed by atoms with Crippen molar-refractivity contribution in [3.63, 3.8) is 0 Å². The molecule has 1 aromatic carbocycles. The smallest absolute Gasteiger partial charge is 0.237 e. The summed E-state index contributed by atoms with van der Waals surface area (Å²) in [7, 11) is 0. The lowest BCUT2D eigenvalue weighted by atomic mass is 10.2. The van der Waals surface area contributed by atoms with E-state index < -0.39 is 11.1 Å². The van der Waals surface area contributed by atoms with Crippen molar-refractivity contribution in [3.05, 3.63) is 48.4 Å². The highest BCUT2D eigenvalue weighted by molar-refractivity contribution is 8.00. The number of nitrogens with one attached hydrogen (secondary N) is 1. The second kappa shape index (κ2) is 6.38. The van der Waals surface area contributed by atoms with Crippen molar-refractivity contribution in [2.75, 3.05) is 11.1 Å². The van der Waals surface area contributed by atoms with Crippen LogP contribution in [0, 0.1) is 5.82 Å². The maximum absolute atomic E-state index is 13.5. The second-order valence-electron chi connectivity index (χ2n) is 4.16. The van der Waals surface area contributed by atoms with Crippen LogP contribution in [0.4, 0.5) is 15.8 Å². The number of halogens is 1. The highest BCUT2D eigenvalue weighted by atomic mass is 32.2. The third-order valence-corrected chi connectivity index (χ3v) is 3.60. The van der Waals surface area contributed by atoms with Gasteiger partial charge in [-0.25, -0.2) is 9.37 Å². The minimum atomic E-state index is -0.511. The van der Waals surface area contributed by atoms with Gasteiger partial charge in [-0.1, -0.05) is 17.8 Å². The number of hydrogen-bond donors (Lipinski definition) is 2. The number of benzene rings is 1. The number of carbonyl (C=O) groups is 1. The summed E-state index contributed by atoms with van der Waals surface area (Å²) in [6.45, 7) is 1.74. The lowest BCUT2D eigenvalue weighted by molar-refractivity contribution is -0.115. The minimum absolute atomic E-state index is 0.0865. The number of rotatable bonds is 4. The number of carbonyl (C=O) groups excluding carboxylic acids is 1. The summed E-state index contributed by atoms with van der Waals surface area (Å²) in [4.78, 5) is 16.1. The summed E-state index contributed by atoms with van der Waals surface area (Å²) in [5.74, 6) is -0.812. The van der Waals surface area contributed by atoms with Crippen molar-refractivity contribution in [3.8, 4) is 0 Å². The molecule has 0 aliphatic rings. The summed E-state index contributed by atoms with van der Waals surface area (Å²) in [6.07, 6.45) is 1.66. The topological polar surface area (TPSA) is 68.0 Å². The number of pyridine rings is 1. The molecule has 1 heterocycles. The van der Waals surface area contributed by atoms with E-state index in [-0.39, 0.29) is 11.6 Å². The van der Waals surface area contributed by atoms with E-state index in [9.17, 15) is 9.18 Å². The first-order valence-corrected chi connectivity index (χ1v) is 6.88. The van der Waals surface area contributed by atoms with Crippen LogP contribution in [-0.2, 0) is 4.79 Å². The molecule has 1 unspecified atom stereocenters. The van der Waals surface area contributed by atoms with Gasteiger partial charge >= 0.3 is 0 Å². The number of amides is 1. The molecule has 6 heteroatoms. The van der Waals surface area contributed by atoms with Crippen molar-refractivity contribution in [1.29, 1.82) is 0 Å². The maximum Gasteiger partial charge on any atom is 0.237 e. The Bertz CT molecular complexity index is 607. The first-order chi connectivity index (χ1) is 9.56. The molecule has 1 atom stereocenters. The summed E-state index contributed by atoms with van der Waals surface area (Å²) in [5.41, 5.74) is 6.05. The van der Waals surface area contributed by atoms with E-state index in [0.717, 1.165) is 5.03 Å². The number of anilines is 2. The molecule has 1 aromatic heterocycles. The number of nitrogen functional groups attached to an aromatic ring is 1. The van der Waals surface area contributed by atoms with Gasteiger partial charge in [-0.3, -0.25) is 4.79 Å². The molecule has 0 saturated heterocycles. The van der Waals surface area contributed by atoms with E-state index >= 15 is 0 Å². The van der Waals surface area contributed by atoms with E-state index in [4.69, 9.17) is 5.73 Å². The van der Waals surface area contributed by atoms with Crippen LogP contribution in [0.25, 0.3) is 0 Å². The fraction of sp³-hybridized carbons (Fsp3) is 0.143. The normalized spacial score (nSPS) is 11.9. The van der Waals surface area contributed by atoms with Crippen molar-refractivity contribution >= 4 is 29.0 Å². The van der Waals surface area contributed by atoms with Gasteiger partial charge < -0.3 is 11.1 Å². The van der Waals surface area contributed by atoms with Crippen LogP contribution in [0.1, 0.15) is 6.92 Å². The standard InChI is InChI=1S/C14H14FN3OS/c1-9(20-13-4-2-3-7-17-13)14(19)18-12-8-10(16)5-6-11(12)15/h2-9H,16H2,1H3,(H,18,19). The Balaban J connectivity index is 2.02. The molecule has 0 saturated carbocycles. The van der Waals surface area contributed by atoms with E-state index in [1.54, 1.807) is 19.2 Å². The summed E-state index contributed by atoms with van der Waals surface area (Å²) < 4.78 is 13.5.